The Labute approximate surface area is 109 Å². The number of alkyl halides is 3. The average molecular weight is 299 g/mol. The van der Waals surface area contributed by atoms with Crippen LogP contribution in [0.4, 0.5) is 13.2 Å². The highest BCUT2D eigenvalue weighted by Crippen LogP contribution is 2.27. The van der Waals surface area contributed by atoms with Gasteiger partial charge >= 0.3 is 6.18 Å². The molecule has 0 radical (unpaired) electrons. The zero-order valence-corrected chi connectivity index (χ0v) is 11.4. The minimum absolute atomic E-state index is 0.00797. The standard InChI is InChI=1S/C10H16F3N3O2S/c1-8(2)7-19(17,18)14-4-6-16-5-3-9(15-16)10(11,12)13/h3,5,8,14H,4,6-7H2,1-2H3. The van der Waals surface area contributed by atoms with Crippen molar-refractivity contribution in [2.24, 2.45) is 5.92 Å². The molecule has 0 aliphatic heterocycles. The van der Waals surface area contributed by atoms with Gasteiger partial charge in [-0.05, 0) is 12.0 Å². The van der Waals surface area contributed by atoms with Crippen LogP contribution >= 0.6 is 0 Å². The molecule has 0 bridgehead atoms. The van der Waals surface area contributed by atoms with Gasteiger partial charge in [0.1, 0.15) is 0 Å². The Bertz CT molecular complexity index is 508. The van der Waals surface area contributed by atoms with Crippen LogP contribution in [-0.2, 0) is 22.7 Å². The van der Waals surface area contributed by atoms with Crippen molar-refractivity contribution in [3.63, 3.8) is 0 Å². The summed E-state index contributed by atoms with van der Waals surface area (Å²) in [5.41, 5.74) is -0.988. The van der Waals surface area contributed by atoms with Gasteiger partial charge < -0.3 is 0 Å². The van der Waals surface area contributed by atoms with Gasteiger partial charge in [0.2, 0.25) is 10.0 Å². The van der Waals surface area contributed by atoms with E-state index in [0.717, 1.165) is 10.7 Å². The van der Waals surface area contributed by atoms with E-state index < -0.39 is 21.9 Å². The van der Waals surface area contributed by atoms with Crippen LogP contribution in [0.1, 0.15) is 19.5 Å². The van der Waals surface area contributed by atoms with Crippen molar-refractivity contribution in [3.05, 3.63) is 18.0 Å². The molecule has 0 saturated heterocycles. The molecule has 0 fully saturated rings. The molecular weight excluding hydrogens is 283 g/mol. The van der Waals surface area contributed by atoms with Gasteiger partial charge in [0, 0.05) is 12.7 Å². The zero-order valence-electron chi connectivity index (χ0n) is 10.6. The van der Waals surface area contributed by atoms with Crippen LogP contribution in [0.3, 0.4) is 0 Å². The molecule has 1 heterocycles. The summed E-state index contributed by atoms with van der Waals surface area (Å²) >= 11 is 0. The quantitative estimate of drug-likeness (QED) is 0.865. The van der Waals surface area contributed by atoms with Crippen molar-refractivity contribution >= 4 is 10.0 Å². The predicted octanol–water partition coefficient (Wildman–Crippen LogP) is 1.48. The van der Waals surface area contributed by atoms with Crippen molar-refractivity contribution in [1.82, 2.24) is 14.5 Å². The largest absolute Gasteiger partial charge is 0.435 e. The Morgan fingerprint density at radius 2 is 2.05 bits per heavy atom. The summed E-state index contributed by atoms with van der Waals surface area (Å²) in [6.07, 6.45) is -3.32. The van der Waals surface area contributed by atoms with Crippen LogP contribution in [-0.4, -0.2) is 30.5 Å². The Balaban J connectivity index is 2.48. The number of aromatic nitrogens is 2. The Kier molecular flexibility index (Phi) is 4.97. The first-order valence-corrected chi connectivity index (χ1v) is 7.33. The Morgan fingerprint density at radius 1 is 1.42 bits per heavy atom. The molecule has 5 nitrogen and oxygen atoms in total. The first kappa shape index (κ1) is 16.0. The lowest BCUT2D eigenvalue weighted by Crippen LogP contribution is -2.31. The van der Waals surface area contributed by atoms with Gasteiger partial charge in [0.25, 0.3) is 0 Å². The summed E-state index contributed by atoms with van der Waals surface area (Å²) < 4.78 is 63.1. The third-order valence-electron chi connectivity index (χ3n) is 2.15. The maximum absolute atomic E-state index is 12.3. The number of rotatable bonds is 6. The molecule has 0 saturated carbocycles. The number of sulfonamides is 1. The smallest absolute Gasteiger partial charge is 0.271 e. The minimum atomic E-state index is -4.48. The number of nitrogens with one attached hydrogen (secondary N) is 1. The fourth-order valence-corrected chi connectivity index (χ4v) is 2.85. The van der Waals surface area contributed by atoms with Crippen molar-refractivity contribution in [2.45, 2.75) is 26.6 Å². The zero-order chi connectivity index (χ0) is 14.7. The van der Waals surface area contributed by atoms with Gasteiger partial charge in [-0.1, -0.05) is 13.8 Å². The van der Waals surface area contributed by atoms with E-state index in [4.69, 9.17) is 0 Å². The first-order valence-electron chi connectivity index (χ1n) is 5.68. The molecule has 0 aromatic carbocycles. The first-order chi connectivity index (χ1) is 8.60. The fraction of sp³-hybridized carbons (Fsp3) is 0.700. The predicted molar refractivity (Wildman–Crippen MR) is 63.9 cm³/mol. The summed E-state index contributed by atoms with van der Waals surface area (Å²) in [7, 11) is -3.39. The van der Waals surface area contributed by atoms with Crippen molar-refractivity contribution in [1.29, 1.82) is 0 Å². The van der Waals surface area contributed by atoms with E-state index in [9.17, 15) is 21.6 Å². The third-order valence-corrected chi connectivity index (χ3v) is 3.90. The van der Waals surface area contributed by atoms with E-state index in [1.165, 1.54) is 6.20 Å². The molecule has 1 N–H and O–H groups in total. The molecule has 1 aromatic heterocycles. The van der Waals surface area contributed by atoms with Crippen LogP contribution in [0.2, 0.25) is 0 Å². The van der Waals surface area contributed by atoms with Gasteiger partial charge in [-0.2, -0.15) is 18.3 Å². The van der Waals surface area contributed by atoms with Crippen LogP contribution < -0.4 is 4.72 Å². The highest BCUT2D eigenvalue weighted by Gasteiger charge is 2.33. The van der Waals surface area contributed by atoms with Crippen LogP contribution in [0, 0.1) is 5.92 Å². The highest BCUT2D eigenvalue weighted by molar-refractivity contribution is 7.89. The lowest BCUT2D eigenvalue weighted by atomic mass is 10.3. The molecule has 0 atom stereocenters. The van der Waals surface area contributed by atoms with Gasteiger partial charge in [0.15, 0.2) is 5.69 Å². The van der Waals surface area contributed by atoms with Gasteiger partial charge in [-0.25, -0.2) is 13.1 Å². The molecule has 0 spiro atoms. The van der Waals surface area contributed by atoms with Crippen LogP contribution in [0.15, 0.2) is 12.3 Å². The summed E-state index contributed by atoms with van der Waals surface area (Å²) in [5, 5.41) is 3.32. The molecule has 9 heteroatoms. The second-order valence-corrected chi connectivity index (χ2v) is 6.38. The van der Waals surface area contributed by atoms with E-state index >= 15 is 0 Å². The number of hydrogen-bond donors (Lipinski definition) is 1. The Morgan fingerprint density at radius 3 is 2.53 bits per heavy atom. The topological polar surface area (TPSA) is 64.0 Å². The molecule has 110 valence electrons. The molecule has 0 aliphatic rings. The van der Waals surface area contributed by atoms with E-state index in [-0.39, 0.29) is 24.8 Å². The monoisotopic (exact) mass is 299 g/mol. The highest BCUT2D eigenvalue weighted by atomic mass is 32.2. The van der Waals surface area contributed by atoms with Crippen LogP contribution in [0.5, 0.6) is 0 Å². The lowest BCUT2D eigenvalue weighted by molar-refractivity contribution is -0.141. The lowest BCUT2D eigenvalue weighted by Gasteiger charge is -2.08. The van der Waals surface area contributed by atoms with Gasteiger partial charge in [-0.3, -0.25) is 4.68 Å². The normalized spacial score (nSPS) is 13.2. The second-order valence-electron chi connectivity index (χ2n) is 4.53. The molecule has 1 rings (SSSR count). The maximum Gasteiger partial charge on any atom is 0.435 e. The van der Waals surface area contributed by atoms with Crippen molar-refractivity contribution in [3.8, 4) is 0 Å². The summed E-state index contributed by atoms with van der Waals surface area (Å²) in [4.78, 5) is 0. The summed E-state index contributed by atoms with van der Waals surface area (Å²) in [5.74, 6) is -0.0288. The summed E-state index contributed by atoms with van der Waals surface area (Å²) in [6.45, 7) is 3.59. The van der Waals surface area contributed by atoms with E-state index in [0.29, 0.717) is 0 Å². The van der Waals surface area contributed by atoms with E-state index in [1.54, 1.807) is 13.8 Å². The maximum atomic E-state index is 12.3. The Hall–Kier alpha value is -1.09. The van der Waals surface area contributed by atoms with Gasteiger partial charge in [0.05, 0.1) is 12.3 Å². The molecular formula is C10H16F3N3O2S. The van der Waals surface area contributed by atoms with Gasteiger partial charge in [-0.15, -0.1) is 0 Å². The molecule has 19 heavy (non-hydrogen) atoms. The molecule has 0 amide bonds. The second kappa shape index (κ2) is 5.91. The van der Waals surface area contributed by atoms with Crippen molar-refractivity contribution in [2.75, 3.05) is 12.3 Å². The van der Waals surface area contributed by atoms with Crippen molar-refractivity contribution < 1.29 is 21.6 Å². The average Bonchev–Trinajstić information content (AvgIpc) is 2.62. The van der Waals surface area contributed by atoms with E-state index in [2.05, 4.69) is 9.82 Å². The van der Waals surface area contributed by atoms with E-state index in [1.807, 2.05) is 0 Å². The fourth-order valence-electron chi connectivity index (χ4n) is 1.45. The number of nitrogens with zero attached hydrogens (tertiary/aromatic N) is 2. The molecule has 1 aromatic rings. The molecule has 0 aliphatic carbocycles. The van der Waals surface area contributed by atoms with Crippen LogP contribution in [0.25, 0.3) is 0 Å². The third kappa shape index (κ3) is 5.60. The SMILES string of the molecule is CC(C)CS(=O)(=O)NCCn1ccc(C(F)(F)F)n1. The number of halogens is 3. The number of hydrogen-bond acceptors (Lipinski definition) is 3. The molecule has 0 unspecified atom stereocenters. The minimum Gasteiger partial charge on any atom is -0.271 e. The summed E-state index contributed by atoms with van der Waals surface area (Å²) in [6, 6.07) is 0.850.